The number of rotatable bonds is 6. The van der Waals surface area contributed by atoms with Crippen LogP contribution in [0, 0.1) is 5.82 Å². The molecule has 152 valence electrons. The second-order valence-corrected chi connectivity index (χ2v) is 6.89. The maximum absolute atomic E-state index is 14.0. The summed E-state index contributed by atoms with van der Waals surface area (Å²) in [5.41, 5.74) is -0.500. The summed E-state index contributed by atoms with van der Waals surface area (Å²) in [6, 6.07) is 10.6. The lowest BCUT2D eigenvalue weighted by molar-refractivity contribution is -0.137. The molecule has 5 nitrogen and oxygen atoms in total. The molecular weight excluding hydrogens is 408 g/mol. The van der Waals surface area contributed by atoms with Crippen LogP contribution in [0.2, 0.25) is 0 Å². The standard InChI is InChI=1S/C19H16F4N4OS/c1-2-27-17(14-8-3-4-9-15(14)20)25-26-18(27)29-11-16(28)24-13-7-5-6-12(10-13)19(21,22)23/h3-10H,2,11H2,1H3,(H,24,28). The van der Waals surface area contributed by atoms with E-state index >= 15 is 0 Å². The molecule has 0 aliphatic rings. The lowest BCUT2D eigenvalue weighted by Crippen LogP contribution is -2.15. The first-order valence-corrected chi connectivity index (χ1v) is 9.56. The first-order chi connectivity index (χ1) is 13.8. The molecule has 1 N–H and O–H groups in total. The van der Waals surface area contributed by atoms with E-state index in [4.69, 9.17) is 0 Å². The Bertz CT molecular complexity index is 1020. The molecule has 3 rings (SSSR count). The predicted octanol–water partition coefficient (Wildman–Crippen LogP) is 4.85. The van der Waals surface area contributed by atoms with E-state index < -0.39 is 23.5 Å². The molecule has 1 aromatic heterocycles. The van der Waals surface area contributed by atoms with Crippen molar-refractivity contribution in [1.29, 1.82) is 0 Å². The van der Waals surface area contributed by atoms with Gasteiger partial charge in [-0.15, -0.1) is 10.2 Å². The van der Waals surface area contributed by atoms with Crippen LogP contribution in [0.1, 0.15) is 12.5 Å². The third-order valence-electron chi connectivity index (χ3n) is 3.95. The molecule has 1 heterocycles. The average Bonchev–Trinajstić information content (AvgIpc) is 3.09. The molecule has 0 fully saturated rings. The molecule has 0 radical (unpaired) electrons. The van der Waals surface area contributed by atoms with Crippen molar-refractivity contribution >= 4 is 23.4 Å². The summed E-state index contributed by atoms with van der Waals surface area (Å²) in [6.45, 7) is 2.29. The molecular formula is C19H16F4N4OS. The molecule has 0 aliphatic carbocycles. The minimum atomic E-state index is -4.49. The predicted molar refractivity (Wildman–Crippen MR) is 102 cm³/mol. The molecule has 0 atom stereocenters. The lowest BCUT2D eigenvalue weighted by Gasteiger charge is -2.10. The number of alkyl halides is 3. The molecule has 0 saturated heterocycles. The Morgan fingerprint density at radius 1 is 1.14 bits per heavy atom. The first kappa shape index (κ1) is 20.8. The first-order valence-electron chi connectivity index (χ1n) is 8.57. The fourth-order valence-electron chi connectivity index (χ4n) is 2.62. The second kappa shape index (κ2) is 8.64. The fourth-order valence-corrected chi connectivity index (χ4v) is 3.43. The molecule has 10 heteroatoms. The number of nitrogens with zero attached hydrogens (tertiary/aromatic N) is 3. The Morgan fingerprint density at radius 2 is 1.90 bits per heavy atom. The summed E-state index contributed by atoms with van der Waals surface area (Å²) in [4.78, 5) is 12.1. The van der Waals surface area contributed by atoms with Gasteiger partial charge in [0.15, 0.2) is 11.0 Å². The van der Waals surface area contributed by atoms with E-state index in [0.29, 0.717) is 23.1 Å². The number of anilines is 1. The molecule has 3 aromatic rings. The highest BCUT2D eigenvalue weighted by Gasteiger charge is 2.30. The van der Waals surface area contributed by atoms with Crippen LogP contribution in [-0.4, -0.2) is 26.4 Å². The normalized spacial score (nSPS) is 11.5. The molecule has 0 aliphatic heterocycles. The number of aromatic nitrogens is 3. The fraction of sp³-hybridized carbons (Fsp3) is 0.211. The summed E-state index contributed by atoms with van der Waals surface area (Å²) < 4.78 is 54.0. The minimum absolute atomic E-state index is 0.0504. The quantitative estimate of drug-likeness (QED) is 0.454. The summed E-state index contributed by atoms with van der Waals surface area (Å²) in [5, 5.41) is 10.9. The molecule has 0 saturated carbocycles. The van der Waals surface area contributed by atoms with Gasteiger partial charge in [0.2, 0.25) is 5.91 Å². The van der Waals surface area contributed by atoms with E-state index in [1.54, 1.807) is 22.8 Å². The van der Waals surface area contributed by atoms with Crippen molar-refractivity contribution in [3.63, 3.8) is 0 Å². The summed E-state index contributed by atoms with van der Waals surface area (Å²) in [7, 11) is 0. The molecule has 0 spiro atoms. The molecule has 0 unspecified atom stereocenters. The van der Waals surface area contributed by atoms with Crippen molar-refractivity contribution in [3.8, 4) is 11.4 Å². The van der Waals surface area contributed by atoms with E-state index in [1.165, 1.54) is 18.2 Å². The summed E-state index contributed by atoms with van der Waals surface area (Å²) in [6.07, 6.45) is -4.49. The highest BCUT2D eigenvalue weighted by Crippen LogP contribution is 2.31. The smallest absolute Gasteiger partial charge is 0.325 e. The van der Waals surface area contributed by atoms with Gasteiger partial charge in [-0.2, -0.15) is 13.2 Å². The van der Waals surface area contributed by atoms with E-state index in [0.717, 1.165) is 23.9 Å². The summed E-state index contributed by atoms with van der Waals surface area (Å²) >= 11 is 1.06. The molecule has 1 amide bonds. The van der Waals surface area contributed by atoms with Gasteiger partial charge in [0.1, 0.15) is 5.82 Å². The number of benzene rings is 2. The molecule has 2 aromatic carbocycles. The van der Waals surface area contributed by atoms with Crippen LogP contribution in [0.4, 0.5) is 23.2 Å². The topological polar surface area (TPSA) is 59.8 Å². The Balaban J connectivity index is 1.69. The summed E-state index contributed by atoms with van der Waals surface area (Å²) in [5.74, 6) is -0.682. The van der Waals surface area contributed by atoms with Crippen molar-refractivity contribution in [1.82, 2.24) is 14.8 Å². The van der Waals surface area contributed by atoms with Gasteiger partial charge in [-0.1, -0.05) is 30.0 Å². The highest BCUT2D eigenvalue weighted by atomic mass is 32.2. The van der Waals surface area contributed by atoms with Crippen LogP contribution in [0.3, 0.4) is 0 Å². The Kier molecular flexibility index (Phi) is 6.21. The van der Waals surface area contributed by atoms with Gasteiger partial charge < -0.3 is 9.88 Å². The van der Waals surface area contributed by atoms with Gasteiger partial charge in [0.05, 0.1) is 16.9 Å². The van der Waals surface area contributed by atoms with Crippen molar-refractivity contribution < 1.29 is 22.4 Å². The largest absolute Gasteiger partial charge is 0.416 e. The Hall–Kier alpha value is -2.88. The zero-order valence-corrected chi connectivity index (χ0v) is 16.0. The van der Waals surface area contributed by atoms with E-state index in [2.05, 4.69) is 15.5 Å². The highest BCUT2D eigenvalue weighted by molar-refractivity contribution is 7.99. The number of carbonyl (C=O) groups excluding carboxylic acids is 1. The van der Waals surface area contributed by atoms with Gasteiger partial charge in [-0.05, 0) is 37.3 Å². The molecule has 29 heavy (non-hydrogen) atoms. The Morgan fingerprint density at radius 3 is 2.59 bits per heavy atom. The maximum atomic E-state index is 14.0. The number of carbonyl (C=O) groups is 1. The number of hydrogen-bond donors (Lipinski definition) is 1. The zero-order valence-electron chi connectivity index (χ0n) is 15.2. The van der Waals surface area contributed by atoms with Gasteiger partial charge in [-0.25, -0.2) is 4.39 Å². The maximum Gasteiger partial charge on any atom is 0.416 e. The van der Waals surface area contributed by atoms with Gasteiger partial charge in [-0.3, -0.25) is 4.79 Å². The number of amides is 1. The van der Waals surface area contributed by atoms with Gasteiger partial charge in [0.25, 0.3) is 0 Å². The van der Waals surface area contributed by atoms with Crippen LogP contribution >= 0.6 is 11.8 Å². The van der Waals surface area contributed by atoms with E-state index in [9.17, 15) is 22.4 Å². The zero-order chi connectivity index (χ0) is 21.0. The molecule has 0 bridgehead atoms. The van der Waals surface area contributed by atoms with E-state index in [-0.39, 0.29) is 11.4 Å². The van der Waals surface area contributed by atoms with Gasteiger partial charge >= 0.3 is 6.18 Å². The second-order valence-electron chi connectivity index (χ2n) is 5.95. The van der Waals surface area contributed by atoms with Crippen molar-refractivity contribution in [3.05, 3.63) is 59.9 Å². The van der Waals surface area contributed by atoms with E-state index in [1.807, 2.05) is 6.92 Å². The number of nitrogens with one attached hydrogen (secondary N) is 1. The van der Waals surface area contributed by atoms with Crippen LogP contribution in [0.15, 0.2) is 53.7 Å². The van der Waals surface area contributed by atoms with Crippen LogP contribution in [0.25, 0.3) is 11.4 Å². The van der Waals surface area contributed by atoms with Crippen molar-refractivity contribution in [2.45, 2.75) is 24.8 Å². The van der Waals surface area contributed by atoms with Crippen molar-refractivity contribution in [2.24, 2.45) is 0 Å². The lowest BCUT2D eigenvalue weighted by atomic mass is 10.2. The number of hydrogen-bond acceptors (Lipinski definition) is 4. The average molecular weight is 424 g/mol. The number of halogens is 4. The SMILES string of the molecule is CCn1c(SCC(=O)Nc2cccc(C(F)(F)F)c2)nnc1-c1ccccc1F. The van der Waals surface area contributed by atoms with Gasteiger partial charge in [0, 0.05) is 12.2 Å². The van der Waals surface area contributed by atoms with Crippen LogP contribution < -0.4 is 5.32 Å². The third-order valence-corrected chi connectivity index (χ3v) is 4.92. The van der Waals surface area contributed by atoms with Crippen LogP contribution in [-0.2, 0) is 17.5 Å². The van der Waals surface area contributed by atoms with Crippen molar-refractivity contribution in [2.75, 3.05) is 11.1 Å². The Labute approximate surface area is 168 Å². The minimum Gasteiger partial charge on any atom is -0.325 e. The third kappa shape index (κ3) is 4.94. The monoisotopic (exact) mass is 424 g/mol. The number of thioether (sulfide) groups is 1. The van der Waals surface area contributed by atoms with Crippen LogP contribution in [0.5, 0.6) is 0 Å².